The van der Waals surface area contributed by atoms with E-state index in [1.807, 2.05) is 0 Å². The van der Waals surface area contributed by atoms with E-state index in [4.69, 9.17) is 17.3 Å². The lowest BCUT2D eigenvalue weighted by molar-refractivity contribution is 0.271. The van der Waals surface area contributed by atoms with E-state index >= 15 is 0 Å². The number of halogens is 1. The molecule has 0 unspecified atom stereocenters. The Hall–Kier alpha value is -0.770. The summed E-state index contributed by atoms with van der Waals surface area (Å²) in [4.78, 5) is 4.88. The standard InChI is InChI=1S/C14H22ClN3/c1-2-17-7-9-18(10-8-17)13-4-3-12(5-6-16)14(15)11-13/h3-4,11H,2,5-10,16H2,1H3. The van der Waals surface area contributed by atoms with Crippen LogP contribution in [0.15, 0.2) is 18.2 Å². The maximum absolute atomic E-state index is 6.29. The molecule has 4 heteroatoms. The molecule has 1 saturated heterocycles. The van der Waals surface area contributed by atoms with Crippen LogP contribution in [0.1, 0.15) is 12.5 Å². The first-order valence-electron chi connectivity index (χ1n) is 6.70. The first-order valence-corrected chi connectivity index (χ1v) is 7.08. The lowest BCUT2D eigenvalue weighted by Crippen LogP contribution is -2.46. The van der Waals surface area contributed by atoms with Gasteiger partial charge in [-0.1, -0.05) is 24.6 Å². The average molecular weight is 268 g/mol. The average Bonchev–Trinajstić information content (AvgIpc) is 2.41. The van der Waals surface area contributed by atoms with Crippen LogP contribution in [0, 0.1) is 0 Å². The highest BCUT2D eigenvalue weighted by molar-refractivity contribution is 6.31. The van der Waals surface area contributed by atoms with Crippen molar-refractivity contribution in [1.82, 2.24) is 4.90 Å². The summed E-state index contributed by atoms with van der Waals surface area (Å²) < 4.78 is 0. The molecule has 0 aliphatic carbocycles. The molecule has 18 heavy (non-hydrogen) atoms. The first-order chi connectivity index (χ1) is 8.74. The summed E-state index contributed by atoms with van der Waals surface area (Å²) in [6.07, 6.45) is 0.850. The quantitative estimate of drug-likeness (QED) is 0.906. The second kappa shape index (κ2) is 6.41. The molecule has 0 atom stereocenters. The predicted octanol–water partition coefficient (Wildman–Crippen LogP) is 1.98. The van der Waals surface area contributed by atoms with Crippen molar-refractivity contribution in [3.8, 4) is 0 Å². The van der Waals surface area contributed by atoms with Gasteiger partial charge in [0.1, 0.15) is 0 Å². The molecule has 1 aromatic carbocycles. The van der Waals surface area contributed by atoms with Crippen LogP contribution in [0.4, 0.5) is 5.69 Å². The second-order valence-corrected chi connectivity index (χ2v) is 5.14. The Bertz CT molecular complexity index is 387. The Kier molecular flexibility index (Phi) is 4.87. The zero-order valence-electron chi connectivity index (χ0n) is 11.0. The molecular weight excluding hydrogens is 246 g/mol. The van der Waals surface area contributed by atoms with Crippen LogP contribution in [0.3, 0.4) is 0 Å². The summed E-state index contributed by atoms with van der Waals surface area (Å²) in [5.41, 5.74) is 7.95. The molecule has 1 aliphatic rings. The van der Waals surface area contributed by atoms with E-state index in [-0.39, 0.29) is 0 Å². The minimum absolute atomic E-state index is 0.647. The second-order valence-electron chi connectivity index (χ2n) is 4.74. The Morgan fingerprint density at radius 1 is 1.22 bits per heavy atom. The highest BCUT2D eigenvalue weighted by atomic mass is 35.5. The van der Waals surface area contributed by atoms with Crippen LogP contribution in [-0.4, -0.2) is 44.2 Å². The molecule has 0 amide bonds. The number of piperazine rings is 1. The van der Waals surface area contributed by atoms with Crippen LogP contribution in [0.5, 0.6) is 0 Å². The molecule has 1 heterocycles. The van der Waals surface area contributed by atoms with Gasteiger partial charge in [0.05, 0.1) is 0 Å². The minimum atomic E-state index is 0.647. The number of anilines is 1. The smallest absolute Gasteiger partial charge is 0.0459 e. The van der Waals surface area contributed by atoms with Gasteiger partial charge < -0.3 is 15.5 Å². The van der Waals surface area contributed by atoms with Gasteiger partial charge in [0.2, 0.25) is 0 Å². The fourth-order valence-electron chi connectivity index (χ4n) is 2.41. The first kappa shape index (κ1) is 13.7. The van der Waals surface area contributed by atoms with Crippen molar-refractivity contribution in [3.05, 3.63) is 28.8 Å². The van der Waals surface area contributed by atoms with Crippen molar-refractivity contribution in [2.45, 2.75) is 13.3 Å². The molecule has 2 N–H and O–H groups in total. The van der Waals surface area contributed by atoms with E-state index in [1.165, 1.54) is 5.69 Å². The van der Waals surface area contributed by atoms with Crippen molar-refractivity contribution in [1.29, 1.82) is 0 Å². The molecule has 100 valence electrons. The van der Waals surface area contributed by atoms with Gasteiger partial charge in [-0.25, -0.2) is 0 Å². The van der Waals surface area contributed by atoms with Crippen LogP contribution in [-0.2, 0) is 6.42 Å². The van der Waals surface area contributed by atoms with Crippen molar-refractivity contribution >= 4 is 17.3 Å². The summed E-state index contributed by atoms with van der Waals surface area (Å²) in [5.74, 6) is 0. The Morgan fingerprint density at radius 3 is 2.50 bits per heavy atom. The van der Waals surface area contributed by atoms with Crippen molar-refractivity contribution < 1.29 is 0 Å². The molecule has 0 bridgehead atoms. The van der Waals surface area contributed by atoms with Gasteiger partial charge in [0.25, 0.3) is 0 Å². The zero-order valence-corrected chi connectivity index (χ0v) is 11.8. The van der Waals surface area contributed by atoms with Gasteiger partial charge >= 0.3 is 0 Å². The zero-order chi connectivity index (χ0) is 13.0. The third-order valence-electron chi connectivity index (χ3n) is 3.63. The van der Waals surface area contributed by atoms with E-state index < -0.39 is 0 Å². The molecule has 1 aromatic rings. The van der Waals surface area contributed by atoms with Gasteiger partial charge in [-0.15, -0.1) is 0 Å². The van der Waals surface area contributed by atoms with Crippen LogP contribution in [0.2, 0.25) is 5.02 Å². The number of likely N-dealkylation sites (N-methyl/N-ethyl adjacent to an activating group) is 1. The SMILES string of the molecule is CCN1CCN(c2ccc(CCN)c(Cl)c2)CC1. The van der Waals surface area contributed by atoms with Crippen molar-refractivity contribution in [2.75, 3.05) is 44.2 Å². The molecule has 0 radical (unpaired) electrons. The van der Waals surface area contributed by atoms with Crippen molar-refractivity contribution in [2.24, 2.45) is 5.73 Å². The Balaban J connectivity index is 2.03. The van der Waals surface area contributed by atoms with Gasteiger partial charge in [-0.2, -0.15) is 0 Å². The third kappa shape index (κ3) is 3.16. The number of nitrogens with zero attached hydrogens (tertiary/aromatic N) is 2. The molecule has 0 spiro atoms. The van der Waals surface area contributed by atoms with E-state index in [1.54, 1.807) is 0 Å². The molecule has 2 rings (SSSR count). The van der Waals surface area contributed by atoms with E-state index in [9.17, 15) is 0 Å². The number of hydrogen-bond donors (Lipinski definition) is 1. The van der Waals surface area contributed by atoms with Crippen LogP contribution >= 0.6 is 11.6 Å². The number of nitrogens with two attached hydrogens (primary N) is 1. The van der Waals surface area contributed by atoms with Gasteiger partial charge in [-0.3, -0.25) is 0 Å². The molecule has 0 aromatic heterocycles. The molecule has 3 nitrogen and oxygen atoms in total. The van der Waals surface area contributed by atoms with E-state index in [0.717, 1.165) is 49.7 Å². The van der Waals surface area contributed by atoms with Gasteiger partial charge in [-0.05, 0) is 37.2 Å². The maximum atomic E-state index is 6.29. The fourth-order valence-corrected chi connectivity index (χ4v) is 2.68. The normalized spacial score (nSPS) is 17.2. The largest absolute Gasteiger partial charge is 0.369 e. The summed E-state index contributed by atoms with van der Waals surface area (Å²) in [5, 5.41) is 0.843. The predicted molar refractivity (Wildman–Crippen MR) is 78.5 cm³/mol. The summed E-state index contributed by atoms with van der Waals surface area (Å²) in [6.45, 7) is 8.45. The molecular formula is C14H22ClN3. The number of hydrogen-bond acceptors (Lipinski definition) is 3. The maximum Gasteiger partial charge on any atom is 0.0459 e. The van der Waals surface area contributed by atoms with Crippen molar-refractivity contribution in [3.63, 3.8) is 0 Å². The monoisotopic (exact) mass is 267 g/mol. The fraction of sp³-hybridized carbons (Fsp3) is 0.571. The van der Waals surface area contributed by atoms with Crippen LogP contribution < -0.4 is 10.6 Å². The lowest BCUT2D eigenvalue weighted by atomic mass is 10.1. The van der Waals surface area contributed by atoms with E-state index in [2.05, 4.69) is 34.9 Å². The Labute approximate surface area is 115 Å². The molecule has 0 saturated carbocycles. The van der Waals surface area contributed by atoms with Gasteiger partial charge in [0, 0.05) is 36.9 Å². The highest BCUT2D eigenvalue weighted by Crippen LogP contribution is 2.24. The summed E-state index contributed by atoms with van der Waals surface area (Å²) in [6, 6.07) is 6.35. The number of benzene rings is 1. The third-order valence-corrected chi connectivity index (χ3v) is 3.99. The Morgan fingerprint density at radius 2 is 1.94 bits per heavy atom. The van der Waals surface area contributed by atoms with Crippen LogP contribution in [0.25, 0.3) is 0 Å². The summed E-state index contributed by atoms with van der Waals surface area (Å²) >= 11 is 6.29. The topological polar surface area (TPSA) is 32.5 Å². The highest BCUT2D eigenvalue weighted by Gasteiger charge is 2.16. The summed E-state index contributed by atoms with van der Waals surface area (Å²) in [7, 11) is 0. The van der Waals surface area contributed by atoms with Gasteiger partial charge in [0.15, 0.2) is 0 Å². The molecule has 1 fully saturated rings. The van der Waals surface area contributed by atoms with E-state index in [0.29, 0.717) is 6.54 Å². The number of rotatable bonds is 4. The molecule has 1 aliphatic heterocycles. The minimum Gasteiger partial charge on any atom is -0.369 e. The lowest BCUT2D eigenvalue weighted by Gasteiger charge is -2.35.